The van der Waals surface area contributed by atoms with Crippen LogP contribution < -0.4 is 48.7 Å². The Bertz CT molecular complexity index is 2370. The molecule has 0 aliphatic carbocycles. The van der Waals surface area contributed by atoms with Crippen LogP contribution in [0.25, 0.3) is 0 Å². The van der Waals surface area contributed by atoms with E-state index in [0.29, 0.717) is 5.56 Å². The first kappa shape index (κ1) is 66.9. The third-order valence-electron chi connectivity index (χ3n) is 12.7. The number of carbonyl (C=O) groups excluding carboxylic acids is 9. The fourth-order valence-corrected chi connectivity index (χ4v) is 8.25. The molecular formula is C50H74N10O19. The third-order valence-corrected chi connectivity index (χ3v) is 12.7. The van der Waals surface area contributed by atoms with Gasteiger partial charge >= 0.3 is 29.8 Å². The number of carbonyl (C=O) groups is 14. The van der Waals surface area contributed by atoms with Crippen LogP contribution in [0.3, 0.4) is 0 Å². The number of carboxylic acid groups (broad SMARTS) is 5. The van der Waals surface area contributed by atoms with E-state index in [9.17, 15) is 82.4 Å². The molecule has 10 atom stereocenters. The molecule has 79 heavy (non-hydrogen) atoms. The zero-order valence-electron chi connectivity index (χ0n) is 44.4. The average molecular weight is 1120 g/mol. The molecule has 0 unspecified atom stereocenters. The van der Waals surface area contributed by atoms with Gasteiger partial charge in [0.15, 0.2) is 0 Å². The van der Waals surface area contributed by atoms with Gasteiger partial charge in [0.2, 0.25) is 53.2 Å². The maximum atomic E-state index is 14.2. The average Bonchev–Trinajstić information content (AvgIpc) is 3.88. The molecule has 1 heterocycles. The summed E-state index contributed by atoms with van der Waals surface area (Å²) in [6, 6.07) is -5.69. The number of amides is 9. The Morgan fingerprint density at radius 3 is 1.58 bits per heavy atom. The SMILES string of the molecule is CC[C@H](C)[C@H](NC(=O)[C@H](CC(=O)O)NC(=O)[C@H](CCC(=O)O)NC(=O)[C@@H]1CCCN1C(=O)[C@H](Cc1ccccc1)NC(=O)[C@@H](N)CCC(=O)O)C(=O)N[C@@H](CCC(N)=O)C(=O)N[C@@H](CC(C)C)C(=O)N[C@@H](CCC(=O)O)C(=O)O. The lowest BCUT2D eigenvalue weighted by molar-refractivity contribution is -0.144. The predicted molar refractivity (Wildman–Crippen MR) is 274 cm³/mol. The van der Waals surface area contributed by atoms with Crippen molar-refractivity contribution in [1.82, 2.24) is 42.1 Å². The number of rotatable bonds is 36. The number of carboxylic acids is 5. The molecule has 1 aliphatic heterocycles. The van der Waals surface area contributed by atoms with Crippen LogP contribution in [0.2, 0.25) is 0 Å². The van der Waals surface area contributed by atoms with Crippen LogP contribution in [0.5, 0.6) is 0 Å². The minimum Gasteiger partial charge on any atom is -0.481 e. The number of benzene rings is 1. The van der Waals surface area contributed by atoms with E-state index in [1.165, 1.54) is 6.92 Å². The number of likely N-dealkylation sites (tertiary alicyclic amines) is 1. The molecule has 2 rings (SSSR count). The van der Waals surface area contributed by atoms with Gasteiger partial charge in [-0.2, -0.15) is 0 Å². The monoisotopic (exact) mass is 1120 g/mol. The number of nitrogens with one attached hydrogen (secondary N) is 7. The zero-order valence-corrected chi connectivity index (χ0v) is 44.4. The third kappa shape index (κ3) is 23.9. The Balaban J connectivity index is 2.42. The first-order valence-corrected chi connectivity index (χ1v) is 25.7. The standard InChI is InChI=1S/C50H74N10O19/c1-5-26(4)41(48(76)54-29(14-17-36(52)61)43(71)56-32(22-25(2)3)45(73)55-31(50(78)79)16-20-39(66)67)59-46(74)33(24-40(68)69)57-44(72)30(15-19-38(64)65)53-47(75)35-12-9-21-60(35)49(77)34(23-27-10-7-6-8-11-27)58-42(70)28(51)13-18-37(62)63/h6-8,10-11,25-26,28-35,41H,5,9,12-24,51H2,1-4H3,(H2,52,61)(H,53,75)(H,54,76)(H,55,73)(H,56,71)(H,57,72)(H,58,70)(H,59,74)(H,62,63)(H,64,65)(H,66,67)(H,68,69)(H,78,79)/t26-,28-,29-,30-,31-,32-,33-,34-,35-,41-/m0/s1. The van der Waals surface area contributed by atoms with Gasteiger partial charge in [0.25, 0.3) is 0 Å². The molecule has 438 valence electrons. The summed E-state index contributed by atoms with van der Waals surface area (Å²) in [5.41, 5.74) is 11.9. The summed E-state index contributed by atoms with van der Waals surface area (Å²) in [7, 11) is 0. The highest BCUT2D eigenvalue weighted by Gasteiger charge is 2.41. The molecule has 0 spiro atoms. The van der Waals surface area contributed by atoms with E-state index < -0.39 is 195 Å². The van der Waals surface area contributed by atoms with Gasteiger partial charge in [-0.3, -0.25) is 62.3 Å². The Morgan fingerprint density at radius 2 is 1.05 bits per heavy atom. The summed E-state index contributed by atoms with van der Waals surface area (Å²) >= 11 is 0. The van der Waals surface area contributed by atoms with Crippen molar-refractivity contribution in [2.75, 3.05) is 6.54 Å². The predicted octanol–water partition coefficient (Wildman–Crippen LogP) is -2.55. The molecule has 1 aromatic carbocycles. The first-order valence-electron chi connectivity index (χ1n) is 25.7. The lowest BCUT2D eigenvalue weighted by Crippen LogP contribution is -2.61. The second-order valence-electron chi connectivity index (χ2n) is 19.6. The summed E-state index contributed by atoms with van der Waals surface area (Å²) in [5, 5.41) is 63.7. The highest BCUT2D eigenvalue weighted by Crippen LogP contribution is 2.21. The largest absolute Gasteiger partial charge is 0.481 e. The van der Waals surface area contributed by atoms with Gasteiger partial charge in [0.05, 0.1) is 12.5 Å². The molecule has 0 aromatic heterocycles. The zero-order chi connectivity index (χ0) is 59.7. The minimum absolute atomic E-state index is 0.0140. The Hall–Kier alpha value is -8.24. The van der Waals surface area contributed by atoms with Crippen molar-refractivity contribution < 1.29 is 92.7 Å². The normalized spacial score (nSPS) is 16.4. The molecule has 9 amide bonds. The Kier molecular flexibility index (Phi) is 28.1. The van der Waals surface area contributed by atoms with Gasteiger partial charge in [-0.05, 0) is 62.3 Å². The van der Waals surface area contributed by atoms with Gasteiger partial charge in [0, 0.05) is 38.6 Å². The van der Waals surface area contributed by atoms with Gasteiger partial charge in [-0.1, -0.05) is 64.4 Å². The summed E-state index contributed by atoms with van der Waals surface area (Å²) in [6.07, 6.45) is -5.01. The molecule has 0 saturated carbocycles. The van der Waals surface area contributed by atoms with E-state index in [1.54, 1.807) is 51.1 Å². The molecule has 1 aromatic rings. The van der Waals surface area contributed by atoms with Crippen LogP contribution >= 0.6 is 0 Å². The summed E-state index contributed by atoms with van der Waals surface area (Å²) in [5.74, 6) is -17.4. The number of hydrogen-bond acceptors (Lipinski definition) is 15. The first-order chi connectivity index (χ1) is 37.0. The molecule has 0 bridgehead atoms. The van der Waals surface area contributed by atoms with Crippen molar-refractivity contribution in [2.24, 2.45) is 23.3 Å². The second kappa shape index (κ2) is 33.1. The maximum Gasteiger partial charge on any atom is 0.326 e. The van der Waals surface area contributed by atoms with E-state index >= 15 is 0 Å². The van der Waals surface area contributed by atoms with Crippen LogP contribution in [0.4, 0.5) is 0 Å². The molecule has 29 heteroatoms. The smallest absolute Gasteiger partial charge is 0.326 e. The van der Waals surface area contributed by atoms with Crippen LogP contribution in [0.1, 0.15) is 117 Å². The number of hydrogen-bond donors (Lipinski definition) is 14. The van der Waals surface area contributed by atoms with E-state index in [4.69, 9.17) is 21.7 Å². The lowest BCUT2D eigenvalue weighted by Gasteiger charge is -2.31. The van der Waals surface area contributed by atoms with E-state index in [2.05, 4.69) is 37.2 Å². The molecule has 1 aliphatic rings. The van der Waals surface area contributed by atoms with Crippen LogP contribution in [-0.2, 0) is 73.5 Å². The van der Waals surface area contributed by atoms with E-state index in [0.717, 1.165) is 4.90 Å². The van der Waals surface area contributed by atoms with Crippen LogP contribution in [-0.4, -0.2) is 174 Å². The molecule has 29 nitrogen and oxygen atoms in total. The number of nitrogens with zero attached hydrogens (tertiary/aromatic N) is 1. The van der Waals surface area contributed by atoms with Crippen molar-refractivity contribution >= 4 is 83.0 Å². The van der Waals surface area contributed by atoms with Crippen molar-refractivity contribution in [2.45, 2.75) is 172 Å². The fourth-order valence-electron chi connectivity index (χ4n) is 8.25. The van der Waals surface area contributed by atoms with Crippen molar-refractivity contribution in [3.05, 3.63) is 35.9 Å². The summed E-state index contributed by atoms with van der Waals surface area (Å²) in [6.45, 7) is 6.42. The number of aliphatic carboxylic acids is 5. The van der Waals surface area contributed by atoms with Gasteiger partial charge in [-0.25, -0.2) is 4.79 Å². The summed E-state index contributed by atoms with van der Waals surface area (Å²) in [4.78, 5) is 182. The van der Waals surface area contributed by atoms with Crippen molar-refractivity contribution in [3.8, 4) is 0 Å². The van der Waals surface area contributed by atoms with Crippen LogP contribution in [0, 0.1) is 11.8 Å². The molecular weight excluding hydrogens is 1040 g/mol. The topological polar surface area (TPSA) is 480 Å². The van der Waals surface area contributed by atoms with E-state index in [-0.39, 0.29) is 51.0 Å². The van der Waals surface area contributed by atoms with E-state index in [1.807, 2.05) is 0 Å². The van der Waals surface area contributed by atoms with Crippen LogP contribution in [0.15, 0.2) is 30.3 Å². The molecule has 1 saturated heterocycles. The highest BCUT2D eigenvalue weighted by atomic mass is 16.4. The second-order valence-corrected chi connectivity index (χ2v) is 19.6. The maximum absolute atomic E-state index is 14.2. The van der Waals surface area contributed by atoms with Gasteiger partial charge < -0.3 is 79.1 Å². The lowest BCUT2D eigenvalue weighted by atomic mass is 9.96. The van der Waals surface area contributed by atoms with Crippen molar-refractivity contribution in [3.63, 3.8) is 0 Å². The Morgan fingerprint density at radius 1 is 0.570 bits per heavy atom. The molecule has 16 N–H and O–H groups in total. The summed E-state index contributed by atoms with van der Waals surface area (Å²) < 4.78 is 0. The quantitative estimate of drug-likeness (QED) is 0.0329. The molecule has 1 fully saturated rings. The Labute approximate surface area is 454 Å². The van der Waals surface area contributed by atoms with Gasteiger partial charge in [-0.15, -0.1) is 0 Å². The number of primary amides is 1. The molecule has 0 radical (unpaired) electrons. The highest BCUT2D eigenvalue weighted by molar-refractivity contribution is 5.99. The minimum atomic E-state index is -2.02. The fraction of sp³-hybridized carbons (Fsp3) is 0.600. The van der Waals surface area contributed by atoms with Gasteiger partial charge in [0.1, 0.15) is 48.3 Å². The number of nitrogens with two attached hydrogens (primary N) is 2. The van der Waals surface area contributed by atoms with Crippen molar-refractivity contribution in [1.29, 1.82) is 0 Å².